The average molecular weight is 159 g/mol. The van der Waals surface area contributed by atoms with Crippen LogP contribution in [0, 0.1) is 0 Å². The fraction of sp³-hybridized carbons (Fsp3) is 0.667. The topological polar surface area (TPSA) is 66.8 Å². The van der Waals surface area contributed by atoms with Crippen molar-refractivity contribution in [1.82, 2.24) is 4.90 Å². The molecule has 1 heterocycles. The van der Waals surface area contributed by atoms with Crippen molar-refractivity contribution in [2.24, 2.45) is 0 Å². The van der Waals surface area contributed by atoms with E-state index in [0.29, 0.717) is 6.54 Å². The normalized spacial score (nSPS) is 23.9. The van der Waals surface area contributed by atoms with Crippen molar-refractivity contribution in [2.75, 3.05) is 13.6 Å². The quantitative estimate of drug-likeness (QED) is 0.543. The van der Waals surface area contributed by atoms with Gasteiger partial charge in [0, 0.05) is 7.05 Å². The van der Waals surface area contributed by atoms with Gasteiger partial charge in [0.2, 0.25) is 5.91 Å². The van der Waals surface area contributed by atoms with E-state index in [1.807, 2.05) is 0 Å². The molecule has 0 bridgehead atoms. The number of rotatable bonds is 1. The van der Waals surface area contributed by atoms with Crippen LogP contribution in [-0.2, 0) is 9.53 Å². The van der Waals surface area contributed by atoms with Crippen LogP contribution < -0.4 is 0 Å². The van der Waals surface area contributed by atoms with Gasteiger partial charge in [-0.1, -0.05) is 0 Å². The lowest BCUT2D eigenvalue weighted by Gasteiger charge is -2.08. The van der Waals surface area contributed by atoms with Gasteiger partial charge >= 0.3 is 6.16 Å². The van der Waals surface area contributed by atoms with Crippen LogP contribution in [0.5, 0.6) is 0 Å². The summed E-state index contributed by atoms with van der Waals surface area (Å²) < 4.78 is 4.41. The maximum Gasteiger partial charge on any atom is 0.506 e. The third-order valence-corrected chi connectivity index (χ3v) is 1.57. The van der Waals surface area contributed by atoms with E-state index in [0.717, 1.165) is 0 Å². The molecule has 1 rings (SSSR count). The van der Waals surface area contributed by atoms with Crippen molar-refractivity contribution < 1.29 is 19.4 Å². The predicted molar refractivity (Wildman–Crippen MR) is 35.2 cm³/mol. The van der Waals surface area contributed by atoms with Gasteiger partial charge in [-0.25, -0.2) is 4.79 Å². The Hall–Kier alpha value is -1.26. The SMILES string of the molecule is CN1C[C@@H](OC(=O)O)CC1=O. The highest BCUT2D eigenvalue weighted by atomic mass is 16.7. The van der Waals surface area contributed by atoms with E-state index >= 15 is 0 Å². The van der Waals surface area contributed by atoms with Crippen molar-refractivity contribution >= 4 is 12.1 Å². The summed E-state index contributed by atoms with van der Waals surface area (Å²) in [6.07, 6.45) is -1.63. The number of carbonyl (C=O) groups excluding carboxylic acids is 1. The maximum atomic E-state index is 10.8. The minimum Gasteiger partial charge on any atom is -0.450 e. The molecule has 0 saturated carbocycles. The van der Waals surface area contributed by atoms with Crippen LogP contribution in [0.15, 0.2) is 0 Å². The Bertz CT molecular complexity index is 189. The summed E-state index contributed by atoms with van der Waals surface area (Å²) in [4.78, 5) is 22.3. The van der Waals surface area contributed by atoms with Crippen LogP contribution in [0.1, 0.15) is 6.42 Å². The van der Waals surface area contributed by atoms with Crippen LogP contribution in [0.3, 0.4) is 0 Å². The van der Waals surface area contributed by atoms with E-state index in [1.54, 1.807) is 7.05 Å². The molecule has 0 aromatic rings. The average Bonchev–Trinajstić information content (AvgIpc) is 2.10. The molecule has 1 aliphatic heterocycles. The van der Waals surface area contributed by atoms with E-state index in [4.69, 9.17) is 5.11 Å². The standard InChI is InChI=1S/C6H9NO4/c1-7-3-4(2-5(7)8)11-6(9)10/h4H,2-3H2,1H3,(H,9,10)/t4-/m0/s1. The van der Waals surface area contributed by atoms with Crippen molar-refractivity contribution in [3.05, 3.63) is 0 Å². The minimum absolute atomic E-state index is 0.0729. The minimum atomic E-state index is -1.32. The number of amides is 1. The zero-order valence-corrected chi connectivity index (χ0v) is 6.11. The molecule has 0 aliphatic carbocycles. The third kappa shape index (κ3) is 1.83. The highest BCUT2D eigenvalue weighted by Crippen LogP contribution is 2.11. The summed E-state index contributed by atoms with van der Waals surface area (Å²) in [5.74, 6) is -0.0729. The molecular formula is C6H9NO4. The van der Waals surface area contributed by atoms with Gasteiger partial charge in [-0.3, -0.25) is 4.79 Å². The fourth-order valence-corrected chi connectivity index (χ4v) is 1.04. The lowest BCUT2D eigenvalue weighted by atomic mass is 10.3. The Labute approximate surface area is 63.5 Å². The van der Waals surface area contributed by atoms with Gasteiger partial charge in [0.1, 0.15) is 6.10 Å². The molecule has 0 aromatic carbocycles. The van der Waals surface area contributed by atoms with Crippen molar-refractivity contribution in [1.29, 1.82) is 0 Å². The lowest BCUT2D eigenvalue weighted by molar-refractivity contribution is -0.126. The van der Waals surface area contributed by atoms with Gasteiger partial charge in [0.25, 0.3) is 0 Å². The smallest absolute Gasteiger partial charge is 0.450 e. The molecule has 1 amide bonds. The Morgan fingerprint density at radius 2 is 2.45 bits per heavy atom. The number of ether oxygens (including phenoxy) is 1. The first-order valence-corrected chi connectivity index (χ1v) is 3.23. The number of hydrogen-bond donors (Lipinski definition) is 1. The first kappa shape index (κ1) is 7.84. The Morgan fingerprint density at radius 3 is 2.82 bits per heavy atom. The molecule has 5 nitrogen and oxygen atoms in total. The third-order valence-electron chi connectivity index (χ3n) is 1.57. The zero-order chi connectivity index (χ0) is 8.43. The second-order valence-electron chi connectivity index (χ2n) is 2.48. The molecule has 1 N–H and O–H groups in total. The van der Waals surface area contributed by atoms with E-state index < -0.39 is 12.3 Å². The van der Waals surface area contributed by atoms with Gasteiger partial charge in [-0.15, -0.1) is 0 Å². The second-order valence-corrected chi connectivity index (χ2v) is 2.48. The van der Waals surface area contributed by atoms with Gasteiger partial charge < -0.3 is 14.7 Å². The Morgan fingerprint density at radius 1 is 1.82 bits per heavy atom. The Kier molecular flexibility index (Phi) is 1.98. The number of carboxylic acid groups (broad SMARTS) is 1. The monoisotopic (exact) mass is 159 g/mol. The molecule has 1 aliphatic rings. The maximum absolute atomic E-state index is 10.8. The van der Waals surface area contributed by atoms with Gasteiger partial charge in [-0.05, 0) is 0 Å². The van der Waals surface area contributed by atoms with Crippen molar-refractivity contribution in [3.8, 4) is 0 Å². The highest BCUT2D eigenvalue weighted by Gasteiger charge is 2.29. The fourth-order valence-electron chi connectivity index (χ4n) is 1.04. The molecule has 0 aromatic heterocycles. The summed E-state index contributed by atoms with van der Waals surface area (Å²) in [6, 6.07) is 0. The van der Waals surface area contributed by atoms with Crippen LogP contribution in [0.25, 0.3) is 0 Å². The molecule has 62 valence electrons. The molecule has 1 fully saturated rings. The molecule has 0 spiro atoms. The number of likely N-dealkylation sites (N-methyl/N-ethyl adjacent to an activating group) is 1. The summed E-state index contributed by atoms with van der Waals surface area (Å²) in [5, 5.41) is 8.19. The summed E-state index contributed by atoms with van der Waals surface area (Å²) in [7, 11) is 1.62. The van der Waals surface area contributed by atoms with E-state index in [2.05, 4.69) is 4.74 Å². The van der Waals surface area contributed by atoms with Crippen LogP contribution in [0.4, 0.5) is 4.79 Å². The molecular weight excluding hydrogens is 150 g/mol. The number of nitrogens with zero attached hydrogens (tertiary/aromatic N) is 1. The van der Waals surface area contributed by atoms with E-state index in [1.165, 1.54) is 4.90 Å². The van der Waals surface area contributed by atoms with Crippen LogP contribution in [0.2, 0.25) is 0 Å². The van der Waals surface area contributed by atoms with E-state index in [-0.39, 0.29) is 12.3 Å². The molecule has 11 heavy (non-hydrogen) atoms. The summed E-state index contributed by atoms with van der Waals surface area (Å²) >= 11 is 0. The van der Waals surface area contributed by atoms with Crippen molar-refractivity contribution in [3.63, 3.8) is 0 Å². The number of hydrogen-bond acceptors (Lipinski definition) is 3. The Balaban J connectivity index is 2.41. The van der Waals surface area contributed by atoms with E-state index in [9.17, 15) is 9.59 Å². The molecule has 0 radical (unpaired) electrons. The second kappa shape index (κ2) is 2.77. The van der Waals surface area contributed by atoms with Crippen molar-refractivity contribution in [2.45, 2.75) is 12.5 Å². The summed E-state index contributed by atoms with van der Waals surface area (Å²) in [6.45, 7) is 0.366. The molecule has 1 atom stereocenters. The lowest BCUT2D eigenvalue weighted by Crippen LogP contribution is -2.22. The number of likely N-dealkylation sites (tertiary alicyclic amines) is 1. The first-order chi connectivity index (χ1) is 5.09. The van der Waals surface area contributed by atoms with Gasteiger partial charge in [-0.2, -0.15) is 0 Å². The van der Waals surface area contributed by atoms with Crippen LogP contribution >= 0.6 is 0 Å². The summed E-state index contributed by atoms with van der Waals surface area (Å²) in [5.41, 5.74) is 0. The molecule has 1 saturated heterocycles. The van der Waals surface area contributed by atoms with Crippen LogP contribution in [-0.4, -0.2) is 41.8 Å². The first-order valence-electron chi connectivity index (χ1n) is 3.23. The zero-order valence-electron chi connectivity index (χ0n) is 6.11. The van der Waals surface area contributed by atoms with Gasteiger partial charge in [0.05, 0.1) is 13.0 Å². The largest absolute Gasteiger partial charge is 0.506 e. The predicted octanol–water partition coefficient (Wildman–Crippen LogP) is -0.0883. The molecule has 0 unspecified atom stereocenters. The molecule has 5 heteroatoms. The number of carbonyl (C=O) groups is 2. The van der Waals surface area contributed by atoms with Gasteiger partial charge in [0.15, 0.2) is 0 Å². The highest BCUT2D eigenvalue weighted by molar-refractivity contribution is 5.79.